The van der Waals surface area contributed by atoms with Gasteiger partial charge in [-0.05, 0) is 0 Å². The Labute approximate surface area is 108 Å². The molecule has 0 fully saturated rings. The van der Waals surface area contributed by atoms with Crippen molar-refractivity contribution in [2.45, 2.75) is 13.3 Å². The fourth-order valence-electron chi connectivity index (χ4n) is 1.36. The summed E-state index contributed by atoms with van der Waals surface area (Å²) >= 11 is 11.6. The van der Waals surface area contributed by atoms with Gasteiger partial charge in [0.2, 0.25) is 5.89 Å². The number of aryl methyl sites for hydroxylation is 1. The van der Waals surface area contributed by atoms with Gasteiger partial charge in [-0.15, -0.1) is 0 Å². The number of pyridine rings is 1. The standard InChI is InChI=1S/C11H8Cl2N2O2/c1-2-6-3-15-11(17-6)7-4-14-10(13)9(12)8(7)5-16/h3-5H,2H2,1H3. The molecule has 0 atom stereocenters. The molecule has 0 saturated heterocycles. The lowest BCUT2D eigenvalue weighted by molar-refractivity contribution is 0.112. The van der Waals surface area contributed by atoms with Crippen LogP contribution in [-0.4, -0.2) is 16.3 Å². The fourth-order valence-corrected chi connectivity index (χ4v) is 1.70. The van der Waals surface area contributed by atoms with Crippen LogP contribution in [0.3, 0.4) is 0 Å². The van der Waals surface area contributed by atoms with E-state index in [0.29, 0.717) is 17.7 Å². The van der Waals surface area contributed by atoms with Crippen LogP contribution < -0.4 is 0 Å². The Kier molecular flexibility index (Phi) is 3.45. The Bertz CT molecular complexity index is 567. The SMILES string of the molecule is CCc1cnc(-c2cnc(Cl)c(Cl)c2C=O)o1. The summed E-state index contributed by atoms with van der Waals surface area (Å²) in [6, 6.07) is 0. The predicted molar refractivity (Wildman–Crippen MR) is 64.5 cm³/mol. The van der Waals surface area contributed by atoms with Crippen LogP contribution in [0.2, 0.25) is 10.2 Å². The largest absolute Gasteiger partial charge is 0.441 e. The predicted octanol–water partition coefficient (Wildman–Crippen LogP) is 3.42. The Morgan fingerprint density at radius 1 is 1.35 bits per heavy atom. The molecule has 2 heterocycles. The summed E-state index contributed by atoms with van der Waals surface area (Å²) in [4.78, 5) is 19.0. The van der Waals surface area contributed by atoms with Gasteiger partial charge in [0, 0.05) is 12.6 Å². The van der Waals surface area contributed by atoms with Crippen LogP contribution in [0.1, 0.15) is 23.0 Å². The highest BCUT2D eigenvalue weighted by molar-refractivity contribution is 6.43. The van der Waals surface area contributed by atoms with E-state index >= 15 is 0 Å². The number of carbonyl (C=O) groups excluding carboxylic acids is 1. The van der Waals surface area contributed by atoms with Gasteiger partial charge in [-0.1, -0.05) is 30.1 Å². The molecule has 2 aromatic heterocycles. The van der Waals surface area contributed by atoms with E-state index in [1.54, 1.807) is 6.20 Å². The first-order valence-corrected chi connectivity index (χ1v) is 5.67. The highest BCUT2D eigenvalue weighted by Gasteiger charge is 2.16. The van der Waals surface area contributed by atoms with E-state index in [2.05, 4.69) is 9.97 Å². The highest BCUT2D eigenvalue weighted by atomic mass is 35.5. The fraction of sp³-hybridized carbons (Fsp3) is 0.182. The summed E-state index contributed by atoms with van der Waals surface area (Å²) in [5.74, 6) is 1.04. The van der Waals surface area contributed by atoms with Crippen molar-refractivity contribution >= 4 is 29.5 Å². The third-order valence-corrected chi connectivity index (χ3v) is 3.03. The van der Waals surface area contributed by atoms with Gasteiger partial charge in [0.1, 0.15) is 10.9 Å². The normalized spacial score (nSPS) is 10.5. The maximum absolute atomic E-state index is 11.0. The zero-order valence-electron chi connectivity index (χ0n) is 8.91. The maximum Gasteiger partial charge on any atom is 0.228 e. The van der Waals surface area contributed by atoms with Crippen LogP contribution in [0.15, 0.2) is 16.8 Å². The second kappa shape index (κ2) is 4.85. The molecule has 6 heteroatoms. The number of hydrogen-bond acceptors (Lipinski definition) is 4. The van der Waals surface area contributed by atoms with Crippen molar-refractivity contribution in [3.63, 3.8) is 0 Å². The van der Waals surface area contributed by atoms with E-state index in [-0.39, 0.29) is 15.7 Å². The summed E-state index contributed by atoms with van der Waals surface area (Å²) < 4.78 is 5.44. The smallest absolute Gasteiger partial charge is 0.228 e. The number of rotatable bonds is 3. The number of aromatic nitrogens is 2. The van der Waals surface area contributed by atoms with Crippen molar-refractivity contribution < 1.29 is 9.21 Å². The van der Waals surface area contributed by atoms with E-state index in [4.69, 9.17) is 27.6 Å². The van der Waals surface area contributed by atoms with Gasteiger partial charge in [0.25, 0.3) is 0 Å². The molecule has 17 heavy (non-hydrogen) atoms. The first-order chi connectivity index (χ1) is 8.17. The van der Waals surface area contributed by atoms with E-state index in [0.717, 1.165) is 12.2 Å². The molecule has 0 spiro atoms. The minimum atomic E-state index is 0.0831. The van der Waals surface area contributed by atoms with Gasteiger partial charge in [0.15, 0.2) is 6.29 Å². The number of aldehydes is 1. The Hall–Kier alpha value is -1.39. The Morgan fingerprint density at radius 3 is 2.71 bits per heavy atom. The third-order valence-electron chi connectivity index (χ3n) is 2.27. The van der Waals surface area contributed by atoms with Crippen LogP contribution in [0.4, 0.5) is 0 Å². The van der Waals surface area contributed by atoms with E-state index < -0.39 is 0 Å². The summed E-state index contributed by atoms with van der Waals surface area (Å²) in [6.07, 6.45) is 4.36. The lowest BCUT2D eigenvalue weighted by Gasteiger charge is -2.03. The number of oxazole rings is 1. The van der Waals surface area contributed by atoms with E-state index in [9.17, 15) is 4.79 Å². The van der Waals surface area contributed by atoms with E-state index in [1.165, 1.54) is 6.20 Å². The average Bonchev–Trinajstić information content (AvgIpc) is 2.81. The molecule has 0 aliphatic carbocycles. The minimum Gasteiger partial charge on any atom is -0.441 e. The number of nitrogens with zero attached hydrogens (tertiary/aromatic N) is 2. The van der Waals surface area contributed by atoms with Crippen LogP contribution in [0.25, 0.3) is 11.5 Å². The molecule has 0 aromatic carbocycles. The molecule has 4 nitrogen and oxygen atoms in total. The van der Waals surface area contributed by atoms with Crippen LogP contribution in [0.5, 0.6) is 0 Å². The molecule has 0 unspecified atom stereocenters. The minimum absolute atomic E-state index is 0.0831. The molecule has 0 amide bonds. The first-order valence-electron chi connectivity index (χ1n) is 4.91. The lowest BCUT2D eigenvalue weighted by Crippen LogP contribution is -1.92. The molecule has 0 radical (unpaired) electrons. The number of carbonyl (C=O) groups is 1. The van der Waals surface area contributed by atoms with Crippen LogP contribution in [0, 0.1) is 0 Å². The summed E-state index contributed by atoms with van der Waals surface area (Å²) in [5, 5.41) is 0.190. The topological polar surface area (TPSA) is 56.0 Å². The molecule has 0 saturated carbocycles. The molecule has 0 bridgehead atoms. The van der Waals surface area contributed by atoms with Crippen molar-refractivity contribution in [3.05, 3.63) is 33.9 Å². The lowest BCUT2D eigenvalue weighted by atomic mass is 10.1. The monoisotopic (exact) mass is 270 g/mol. The average molecular weight is 271 g/mol. The zero-order chi connectivity index (χ0) is 12.4. The van der Waals surface area contributed by atoms with Gasteiger partial charge in [-0.3, -0.25) is 4.79 Å². The van der Waals surface area contributed by atoms with E-state index in [1.807, 2.05) is 6.92 Å². The summed E-state index contributed by atoms with van der Waals surface area (Å²) in [6.45, 7) is 1.94. The van der Waals surface area contributed by atoms with Gasteiger partial charge in [-0.25, -0.2) is 9.97 Å². The van der Waals surface area contributed by atoms with Crippen molar-refractivity contribution in [3.8, 4) is 11.5 Å². The summed E-state index contributed by atoms with van der Waals surface area (Å²) in [5.41, 5.74) is 0.672. The number of hydrogen-bond donors (Lipinski definition) is 0. The van der Waals surface area contributed by atoms with Crippen molar-refractivity contribution in [1.29, 1.82) is 0 Å². The zero-order valence-corrected chi connectivity index (χ0v) is 10.4. The number of halogens is 2. The molecule has 88 valence electrons. The molecular weight excluding hydrogens is 263 g/mol. The van der Waals surface area contributed by atoms with Gasteiger partial charge < -0.3 is 4.42 Å². The van der Waals surface area contributed by atoms with Crippen molar-refractivity contribution in [2.75, 3.05) is 0 Å². The van der Waals surface area contributed by atoms with Crippen LogP contribution in [-0.2, 0) is 6.42 Å². The Morgan fingerprint density at radius 2 is 2.12 bits per heavy atom. The molecule has 0 N–H and O–H groups in total. The van der Waals surface area contributed by atoms with Gasteiger partial charge in [-0.2, -0.15) is 0 Å². The second-order valence-electron chi connectivity index (χ2n) is 3.29. The van der Waals surface area contributed by atoms with Gasteiger partial charge in [0.05, 0.1) is 22.3 Å². The highest BCUT2D eigenvalue weighted by Crippen LogP contribution is 2.31. The quantitative estimate of drug-likeness (QED) is 0.634. The molecule has 0 aliphatic heterocycles. The third kappa shape index (κ3) is 2.18. The summed E-state index contributed by atoms with van der Waals surface area (Å²) in [7, 11) is 0. The molecular formula is C11H8Cl2N2O2. The van der Waals surface area contributed by atoms with Gasteiger partial charge >= 0.3 is 0 Å². The molecule has 2 aromatic rings. The van der Waals surface area contributed by atoms with Crippen LogP contribution >= 0.6 is 23.2 Å². The first kappa shape index (κ1) is 12.1. The molecule has 2 rings (SSSR count). The maximum atomic E-state index is 11.0. The van der Waals surface area contributed by atoms with Crippen molar-refractivity contribution in [2.24, 2.45) is 0 Å². The molecule has 0 aliphatic rings. The second-order valence-corrected chi connectivity index (χ2v) is 4.03. The Balaban J connectivity index is 2.59. The van der Waals surface area contributed by atoms with Crippen molar-refractivity contribution in [1.82, 2.24) is 9.97 Å².